The summed E-state index contributed by atoms with van der Waals surface area (Å²) in [7, 11) is 0. The molecular weight excluding hydrogens is 698 g/mol. The number of pyridine rings is 1. The molecule has 0 aliphatic carbocycles. The molecule has 0 fully saturated rings. The third kappa shape index (κ3) is 5.37. The largest absolute Gasteiger partial charge is 0.512 e. The monoisotopic (exact) mass is 721 g/mol. The molecule has 193 valence electrons. The van der Waals surface area contributed by atoms with Crippen molar-refractivity contribution >= 4 is 63.2 Å². The predicted molar refractivity (Wildman–Crippen MR) is 159 cm³/mol. The summed E-state index contributed by atoms with van der Waals surface area (Å²) < 4.78 is 0. The molecule has 2 aliphatic rings. The first-order valence-electron chi connectivity index (χ1n) is 12.3. The average molecular weight is 721 g/mol. The van der Waals surface area contributed by atoms with Crippen LogP contribution in [0.1, 0.15) is 13.8 Å². The molecule has 1 radical (unpaired) electrons. The molecule has 7 rings (SSSR count). The number of hydrogen-bond donors (Lipinski definition) is 1. The molecule has 0 amide bonds. The number of nitrogens with zero attached hydrogens (tertiary/aromatic N) is 1. The van der Waals surface area contributed by atoms with Gasteiger partial charge in [0.25, 0.3) is 0 Å². The zero-order valence-corrected chi connectivity index (χ0v) is 25.3. The van der Waals surface area contributed by atoms with Crippen LogP contribution in [-0.2, 0) is 24.9 Å². The van der Waals surface area contributed by atoms with E-state index < -0.39 is 0 Å². The van der Waals surface area contributed by atoms with E-state index >= 15 is 0 Å². The Balaban J connectivity index is 0.000000345. The number of ketones is 1. The van der Waals surface area contributed by atoms with Gasteiger partial charge in [0.2, 0.25) is 6.71 Å². The molecule has 0 atom stereocenters. The molecule has 0 saturated carbocycles. The van der Waals surface area contributed by atoms with Crippen molar-refractivity contribution in [3.8, 4) is 11.3 Å². The zero-order valence-electron chi connectivity index (χ0n) is 21.3. The van der Waals surface area contributed by atoms with Crippen molar-refractivity contribution in [1.82, 2.24) is 4.98 Å². The number of rotatable bonds is 2. The van der Waals surface area contributed by atoms with Gasteiger partial charge in [-0.05, 0) is 58.9 Å². The van der Waals surface area contributed by atoms with Crippen LogP contribution in [0.2, 0.25) is 0 Å². The molecule has 5 aromatic rings. The number of benzene rings is 4. The summed E-state index contributed by atoms with van der Waals surface area (Å²) in [5.41, 5.74) is 6.30. The van der Waals surface area contributed by atoms with Gasteiger partial charge in [0.15, 0.2) is 5.78 Å². The summed E-state index contributed by atoms with van der Waals surface area (Å²) in [4.78, 5) is 20.2. The molecule has 0 saturated heterocycles. The second kappa shape index (κ2) is 11.6. The van der Waals surface area contributed by atoms with Gasteiger partial charge in [-0.2, -0.15) is 0 Å². The molecule has 3 nitrogen and oxygen atoms in total. The molecule has 0 bridgehead atoms. The van der Waals surface area contributed by atoms with Crippen LogP contribution in [-0.4, -0.2) is 22.6 Å². The quantitative estimate of drug-likeness (QED) is 0.100. The smallest absolute Gasteiger partial charge is 0.228 e. The standard InChI is InChI=1S/C27H15BNS2.C5H8O2.Ir/c1-2-8-18-16-29-22(15-17(18)7-1)19-9-5-11-21-27(19)31-25-14-6-13-24-26(25)28(21)20-10-3-4-12-23(20)30-24;1-4(6)3-5(2)7;/h1-8,10-16H;3,6H,1-2H3;/q-1;;/b;4-3-;. The molecule has 4 aromatic carbocycles. The van der Waals surface area contributed by atoms with E-state index in [1.165, 1.54) is 61.3 Å². The fourth-order valence-electron chi connectivity index (χ4n) is 5.05. The SMILES string of the molecule is CC(=O)/C=C(/C)O.[Ir].[c-]1ccc2c(c1-c1cc3ccccc3cn1)Sc1cccc3c1B2c1ccccc1S3. The van der Waals surface area contributed by atoms with E-state index in [2.05, 4.69) is 91.0 Å². The summed E-state index contributed by atoms with van der Waals surface area (Å²) in [5.74, 6) is -0.0625. The van der Waals surface area contributed by atoms with Crippen molar-refractivity contribution in [2.75, 3.05) is 0 Å². The Morgan fingerprint density at radius 2 is 1.56 bits per heavy atom. The van der Waals surface area contributed by atoms with Crippen LogP contribution in [0.5, 0.6) is 0 Å². The fourth-order valence-corrected chi connectivity index (χ4v) is 7.56. The topological polar surface area (TPSA) is 50.2 Å². The van der Waals surface area contributed by atoms with E-state index in [1.54, 1.807) is 0 Å². The van der Waals surface area contributed by atoms with Crippen LogP contribution in [0, 0.1) is 6.07 Å². The maximum Gasteiger partial charge on any atom is 0.228 e. The Kier molecular flexibility index (Phi) is 8.15. The molecule has 2 aliphatic heterocycles. The Morgan fingerprint density at radius 1 is 0.872 bits per heavy atom. The Bertz CT molecular complexity index is 1750. The fraction of sp³-hybridized carbons (Fsp3) is 0.0625. The summed E-state index contributed by atoms with van der Waals surface area (Å²) in [6.07, 6.45) is 3.14. The van der Waals surface area contributed by atoms with Gasteiger partial charge < -0.3 is 10.1 Å². The molecular formula is C32H23BIrNO2S2-. The molecule has 1 N–H and O–H groups in total. The van der Waals surface area contributed by atoms with Crippen molar-refractivity contribution < 1.29 is 30.0 Å². The average Bonchev–Trinajstić information content (AvgIpc) is 2.92. The van der Waals surface area contributed by atoms with Crippen LogP contribution in [0.4, 0.5) is 0 Å². The van der Waals surface area contributed by atoms with Crippen LogP contribution in [0.15, 0.2) is 123 Å². The first-order chi connectivity index (χ1) is 18.5. The van der Waals surface area contributed by atoms with E-state index in [4.69, 9.17) is 10.1 Å². The Hall–Kier alpha value is -3.09. The van der Waals surface area contributed by atoms with Gasteiger partial charge in [-0.3, -0.25) is 4.79 Å². The van der Waals surface area contributed by atoms with Crippen LogP contribution in [0.25, 0.3) is 22.0 Å². The van der Waals surface area contributed by atoms with Gasteiger partial charge in [-0.15, -0.1) is 41.0 Å². The molecule has 0 unspecified atom stereocenters. The normalized spacial score (nSPS) is 12.8. The second-order valence-corrected chi connectivity index (χ2v) is 11.4. The Morgan fingerprint density at radius 3 is 2.31 bits per heavy atom. The van der Waals surface area contributed by atoms with Crippen molar-refractivity contribution in [2.45, 2.75) is 33.4 Å². The number of allylic oxidation sites excluding steroid dienone is 2. The van der Waals surface area contributed by atoms with Crippen LogP contribution < -0.4 is 16.4 Å². The van der Waals surface area contributed by atoms with Crippen LogP contribution in [0.3, 0.4) is 0 Å². The zero-order chi connectivity index (χ0) is 26.2. The van der Waals surface area contributed by atoms with Crippen LogP contribution >= 0.6 is 23.5 Å². The van der Waals surface area contributed by atoms with E-state index in [9.17, 15) is 4.79 Å². The summed E-state index contributed by atoms with van der Waals surface area (Å²) >= 11 is 3.76. The number of hydrogen-bond acceptors (Lipinski definition) is 5. The third-order valence-electron chi connectivity index (χ3n) is 6.57. The summed E-state index contributed by atoms with van der Waals surface area (Å²) in [6, 6.07) is 34.0. The number of aromatic nitrogens is 1. The van der Waals surface area contributed by atoms with Gasteiger partial charge >= 0.3 is 0 Å². The third-order valence-corrected chi connectivity index (χ3v) is 8.95. The minimum absolute atomic E-state index is 0. The predicted octanol–water partition coefficient (Wildman–Crippen LogP) is 6.18. The van der Waals surface area contributed by atoms with E-state index in [0.717, 1.165) is 16.6 Å². The van der Waals surface area contributed by atoms with Crippen molar-refractivity contribution in [1.29, 1.82) is 0 Å². The first-order valence-corrected chi connectivity index (χ1v) is 14.0. The molecule has 3 heterocycles. The summed E-state index contributed by atoms with van der Waals surface area (Å²) in [6.45, 7) is 3.11. The van der Waals surface area contributed by atoms with E-state index in [-0.39, 0.29) is 38.4 Å². The maximum absolute atomic E-state index is 10.0. The number of carbonyl (C=O) groups excluding carboxylic acids is 1. The van der Waals surface area contributed by atoms with Gasteiger partial charge in [-0.1, -0.05) is 76.7 Å². The van der Waals surface area contributed by atoms with Gasteiger partial charge in [-0.25, -0.2) is 0 Å². The molecule has 39 heavy (non-hydrogen) atoms. The van der Waals surface area contributed by atoms with Gasteiger partial charge in [0.1, 0.15) is 0 Å². The molecule has 0 spiro atoms. The second-order valence-electron chi connectivity index (χ2n) is 9.29. The van der Waals surface area contributed by atoms with Gasteiger partial charge in [0.05, 0.1) is 5.76 Å². The minimum Gasteiger partial charge on any atom is -0.512 e. The van der Waals surface area contributed by atoms with Crippen molar-refractivity contribution in [2.24, 2.45) is 0 Å². The van der Waals surface area contributed by atoms with Crippen molar-refractivity contribution in [3.63, 3.8) is 0 Å². The number of fused-ring (bicyclic) bond motifs is 5. The van der Waals surface area contributed by atoms with E-state index in [1.807, 2.05) is 29.7 Å². The van der Waals surface area contributed by atoms with Gasteiger partial charge in [0, 0.05) is 42.2 Å². The first kappa shape index (κ1) is 27.5. The molecule has 7 heteroatoms. The van der Waals surface area contributed by atoms with Crippen molar-refractivity contribution in [3.05, 3.63) is 109 Å². The number of aliphatic hydroxyl groups is 1. The number of aliphatic hydroxyl groups excluding tert-OH is 1. The number of carbonyl (C=O) groups is 1. The molecule has 1 aromatic heterocycles. The van der Waals surface area contributed by atoms with E-state index in [0.29, 0.717) is 0 Å². The Labute approximate surface area is 250 Å². The maximum atomic E-state index is 10.0. The minimum atomic E-state index is -0.125. The summed E-state index contributed by atoms with van der Waals surface area (Å²) in [5, 5.41) is 10.7.